The van der Waals surface area contributed by atoms with E-state index in [0.717, 1.165) is 5.69 Å². The molecule has 1 saturated heterocycles. The van der Waals surface area contributed by atoms with Crippen LogP contribution < -0.4 is 0 Å². The number of aromatic nitrogens is 3. The summed E-state index contributed by atoms with van der Waals surface area (Å²) in [6, 6.07) is 15.3. The first-order valence-electron chi connectivity index (χ1n) is 9.70. The van der Waals surface area contributed by atoms with E-state index in [1.807, 2.05) is 30.3 Å². The molecule has 0 aliphatic carbocycles. The average molecular weight is 461 g/mol. The van der Waals surface area contributed by atoms with Crippen LogP contribution in [-0.2, 0) is 14.6 Å². The van der Waals surface area contributed by atoms with Crippen LogP contribution in [0.2, 0.25) is 0 Å². The molecule has 1 aromatic heterocycles. The van der Waals surface area contributed by atoms with Crippen molar-refractivity contribution in [1.29, 1.82) is 0 Å². The largest absolute Gasteiger partial charge is 0.341 e. The lowest BCUT2D eigenvalue weighted by Gasteiger charge is -2.23. The minimum absolute atomic E-state index is 0.00244. The maximum absolute atomic E-state index is 14.4. The Kier molecular flexibility index (Phi) is 6.10. The van der Waals surface area contributed by atoms with Crippen molar-refractivity contribution in [2.75, 3.05) is 24.3 Å². The zero-order valence-electron chi connectivity index (χ0n) is 16.8. The number of sulfone groups is 1. The number of carbonyl (C=O) groups is 1. The standard InChI is InChI=1S/C21H21FN4O3S2/c1-25(16-11-12-31(28,29)14-16)19(27)13-30-21-24-23-20(17-9-5-6-10-18(17)22)26(21)15-7-3-2-4-8-15/h2-10,16H,11-14H2,1H3. The van der Waals surface area contributed by atoms with Crippen LogP contribution in [0.4, 0.5) is 4.39 Å². The molecule has 1 amide bonds. The van der Waals surface area contributed by atoms with Crippen molar-refractivity contribution in [1.82, 2.24) is 19.7 Å². The second-order valence-corrected chi connectivity index (χ2v) is 10.5. The van der Waals surface area contributed by atoms with Crippen molar-refractivity contribution >= 4 is 27.5 Å². The van der Waals surface area contributed by atoms with Gasteiger partial charge in [-0.05, 0) is 30.7 Å². The Balaban J connectivity index is 1.59. The molecule has 162 valence electrons. The SMILES string of the molecule is CN(C(=O)CSc1nnc(-c2ccccc2F)n1-c1ccccc1)C1CCS(=O)(=O)C1. The zero-order valence-corrected chi connectivity index (χ0v) is 18.4. The number of nitrogens with zero attached hydrogens (tertiary/aromatic N) is 4. The molecular weight excluding hydrogens is 439 g/mol. The summed E-state index contributed by atoms with van der Waals surface area (Å²) in [7, 11) is -1.45. The average Bonchev–Trinajstić information content (AvgIpc) is 3.35. The number of hydrogen-bond acceptors (Lipinski definition) is 6. The summed E-state index contributed by atoms with van der Waals surface area (Å²) >= 11 is 1.18. The molecule has 0 radical (unpaired) electrons. The normalized spacial score (nSPS) is 17.5. The smallest absolute Gasteiger partial charge is 0.233 e. The van der Waals surface area contributed by atoms with Crippen molar-refractivity contribution in [2.45, 2.75) is 17.6 Å². The molecule has 1 atom stereocenters. The molecule has 2 aromatic carbocycles. The van der Waals surface area contributed by atoms with Crippen LogP contribution in [0.3, 0.4) is 0 Å². The third-order valence-corrected chi connectivity index (χ3v) is 7.90. The molecule has 0 N–H and O–H groups in total. The predicted octanol–water partition coefficient (Wildman–Crippen LogP) is 2.81. The van der Waals surface area contributed by atoms with Gasteiger partial charge in [0.1, 0.15) is 5.82 Å². The number of carbonyl (C=O) groups excluding carboxylic acids is 1. The first kappa shape index (κ1) is 21.5. The van der Waals surface area contributed by atoms with Crippen LogP contribution >= 0.6 is 11.8 Å². The van der Waals surface area contributed by atoms with Gasteiger partial charge < -0.3 is 4.90 Å². The Morgan fingerprint density at radius 2 is 1.87 bits per heavy atom. The maximum atomic E-state index is 14.4. The summed E-state index contributed by atoms with van der Waals surface area (Å²) in [4.78, 5) is 14.2. The lowest BCUT2D eigenvalue weighted by atomic mass is 10.2. The van der Waals surface area contributed by atoms with Gasteiger partial charge in [-0.25, -0.2) is 12.8 Å². The molecule has 10 heteroatoms. The minimum atomic E-state index is -3.08. The van der Waals surface area contributed by atoms with Crippen LogP contribution in [0.5, 0.6) is 0 Å². The number of rotatable bonds is 6. The van der Waals surface area contributed by atoms with Gasteiger partial charge in [-0.1, -0.05) is 42.1 Å². The van der Waals surface area contributed by atoms with Gasteiger partial charge in [0.2, 0.25) is 5.91 Å². The summed E-state index contributed by atoms with van der Waals surface area (Å²) in [5.41, 5.74) is 1.06. The van der Waals surface area contributed by atoms with Crippen LogP contribution in [0.15, 0.2) is 59.8 Å². The summed E-state index contributed by atoms with van der Waals surface area (Å²) in [5.74, 6) is -0.0950. The number of amides is 1. The quantitative estimate of drug-likeness (QED) is 0.526. The Labute approximate surface area is 184 Å². The lowest BCUT2D eigenvalue weighted by molar-refractivity contribution is -0.128. The van der Waals surface area contributed by atoms with Gasteiger partial charge >= 0.3 is 0 Å². The van der Waals surface area contributed by atoms with E-state index in [0.29, 0.717) is 23.0 Å². The Morgan fingerprint density at radius 1 is 1.16 bits per heavy atom. The van der Waals surface area contributed by atoms with Crippen molar-refractivity contribution in [3.05, 3.63) is 60.4 Å². The molecule has 1 fully saturated rings. The maximum Gasteiger partial charge on any atom is 0.233 e. The molecule has 1 aliphatic heterocycles. The van der Waals surface area contributed by atoms with Crippen LogP contribution in [0.25, 0.3) is 17.1 Å². The van der Waals surface area contributed by atoms with Crippen LogP contribution in [0.1, 0.15) is 6.42 Å². The monoisotopic (exact) mass is 460 g/mol. The van der Waals surface area contributed by atoms with Gasteiger partial charge in [0.15, 0.2) is 20.8 Å². The van der Waals surface area contributed by atoms with E-state index in [1.165, 1.54) is 22.7 Å². The molecule has 0 saturated carbocycles. The topological polar surface area (TPSA) is 85.2 Å². The highest BCUT2D eigenvalue weighted by Crippen LogP contribution is 2.29. The highest BCUT2D eigenvalue weighted by Gasteiger charge is 2.32. The lowest BCUT2D eigenvalue weighted by Crippen LogP contribution is -2.38. The van der Waals surface area contributed by atoms with Gasteiger partial charge in [-0.2, -0.15) is 0 Å². The molecular formula is C21H21FN4O3S2. The third kappa shape index (κ3) is 4.64. The van der Waals surface area contributed by atoms with Gasteiger partial charge in [0.25, 0.3) is 0 Å². The van der Waals surface area contributed by atoms with Crippen LogP contribution in [0, 0.1) is 5.82 Å². The molecule has 0 spiro atoms. The van der Waals surface area contributed by atoms with Gasteiger partial charge in [0.05, 0.1) is 22.8 Å². The molecule has 2 heterocycles. The van der Waals surface area contributed by atoms with E-state index in [9.17, 15) is 17.6 Å². The highest BCUT2D eigenvalue weighted by molar-refractivity contribution is 7.99. The summed E-state index contributed by atoms with van der Waals surface area (Å²) in [6.07, 6.45) is 0.451. The summed E-state index contributed by atoms with van der Waals surface area (Å²) < 4.78 is 39.6. The van der Waals surface area contributed by atoms with Crippen molar-refractivity contribution < 1.29 is 17.6 Å². The van der Waals surface area contributed by atoms with E-state index in [-0.39, 0.29) is 29.2 Å². The van der Waals surface area contributed by atoms with E-state index >= 15 is 0 Å². The van der Waals surface area contributed by atoms with Crippen molar-refractivity contribution in [2.24, 2.45) is 0 Å². The van der Waals surface area contributed by atoms with E-state index in [1.54, 1.807) is 29.8 Å². The third-order valence-electron chi connectivity index (χ3n) is 5.24. The number of benzene rings is 2. The fraction of sp³-hybridized carbons (Fsp3) is 0.286. The van der Waals surface area contributed by atoms with Crippen molar-refractivity contribution in [3.8, 4) is 17.1 Å². The van der Waals surface area contributed by atoms with E-state index in [2.05, 4.69) is 10.2 Å². The first-order valence-corrected chi connectivity index (χ1v) is 12.5. The highest BCUT2D eigenvalue weighted by atomic mass is 32.2. The molecule has 7 nitrogen and oxygen atoms in total. The van der Waals surface area contributed by atoms with Gasteiger partial charge in [-0.15, -0.1) is 10.2 Å². The number of halogens is 1. The molecule has 1 unspecified atom stereocenters. The van der Waals surface area contributed by atoms with Crippen molar-refractivity contribution in [3.63, 3.8) is 0 Å². The number of para-hydroxylation sites is 1. The minimum Gasteiger partial charge on any atom is -0.341 e. The fourth-order valence-electron chi connectivity index (χ4n) is 3.50. The van der Waals surface area contributed by atoms with Crippen LogP contribution in [-0.4, -0.2) is 64.3 Å². The summed E-state index contributed by atoms with van der Waals surface area (Å²) in [6.45, 7) is 0. The number of hydrogen-bond donors (Lipinski definition) is 0. The first-order chi connectivity index (χ1) is 14.9. The molecule has 31 heavy (non-hydrogen) atoms. The zero-order chi connectivity index (χ0) is 22.0. The fourth-order valence-corrected chi connectivity index (χ4v) is 6.15. The van der Waals surface area contributed by atoms with Gasteiger partial charge in [-0.3, -0.25) is 9.36 Å². The van der Waals surface area contributed by atoms with E-state index < -0.39 is 15.7 Å². The Hall–Kier alpha value is -2.72. The second-order valence-electron chi connectivity index (χ2n) is 7.31. The molecule has 1 aliphatic rings. The van der Waals surface area contributed by atoms with Gasteiger partial charge in [0, 0.05) is 18.8 Å². The molecule has 4 rings (SSSR count). The Morgan fingerprint density at radius 3 is 2.55 bits per heavy atom. The second kappa shape index (κ2) is 8.80. The van der Waals surface area contributed by atoms with E-state index in [4.69, 9.17) is 0 Å². The number of thioether (sulfide) groups is 1. The molecule has 3 aromatic rings. The predicted molar refractivity (Wildman–Crippen MR) is 117 cm³/mol. The molecule has 0 bridgehead atoms. The summed E-state index contributed by atoms with van der Waals surface area (Å²) in [5, 5.41) is 8.84. The Bertz CT molecular complexity index is 1200.